The lowest BCUT2D eigenvalue weighted by atomic mass is 10.1. The number of alkyl halides is 1. The van der Waals surface area contributed by atoms with Crippen LogP contribution in [0.1, 0.15) is 39.8 Å². The van der Waals surface area contributed by atoms with E-state index in [-0.39, 0.29) is 30.8 Å². The van der Waals surface area contributed by atoms with Crippen molar-refractivity contribution in [2.24, 2.45) is 0 Å². The van der Waals surface area contributed by atoms with E-state index < -0.39 is 42.7 Å². The molecule has 10 nitrogen and oxygen atoms in total. The Bertz CT molecular complexity index is 778. The normalized spacial score (nSPS) is 21.7. The molecule has 11 heteroatoms. The van der Waals surface area contributed by atoms with Crippen molar-refractivity contribution in [3.05, 3.63) is 22.7 Å². The van der Waals surface area contributed by atoms with E-state index in [1.807, 2.05) is 20.8 Å². The molecule has 0 amide bonds. The topological polar surface area (TPSA) is 135 Å². The van der Waals surface area contributed by atoms with E-state index in [4.69, 9.17) is 19.9 Å². The maximum atomic E-state index is 14.2. The second-order valence-corrected chi connectivity index (χ2v) is 7.71. The largest absolute Gasteiger partial charge is 0.460 e. The fraction of sp³-hybridized carbons (Fsp3) is 0.667. The average molecular weight is 414 g/mol. The van der Waals surface area contributed by atoms with Gasteiger partial charge in [-0.2, -0.15) is 4.98 Å². The van der Waals surface area contributed by atoms with Gasteiger partial charge in [0.05, 0.1) is 12.5 Å². The third kappa shape index (κ3) is 7.42. The van der Waals surface area contributed by atoms with Crippen LogP contribution < -0.4 is 16.7 Å². The highest BCUT2D eigenvalue weighted by Crippen LogP contribution is 2.30. The predicted molar refractivity (Wildman–Crippen MR) is 101 cm³/mol. The van der Waals surface area contributed by atoms with E-state index in [1.54, 1.807) is 0 Å². The summed E-state index contributed by atoms with van der Waals surface area (Å²) < 4.78 is 30.5. The second kappa shape index (κ2) is 9.79. The van der Waals surface area contributed by atoms with Gasteiger partial charge in [-0.3, -0.25) is 9.36 Å². The predicted octanol–water partition coefficient (Wildman–Crippen LogP) is 0.316. The highest BCUT2D eigenvalue weighted by atomic mass is 19.1. The molecule has 0 bridgehead atoms. The molecule has 1 aromatic heterocycles. The number of hydrogen-bond acceptors (Lipinski definition) is 9. The fourth-order valence-corrected chi connectivity index (χ4v) is 2.65. The number of ether oxygens (including phenoxy) is 3. The minimum atomic E-state index is -1.48. The fourth-order valence-electron chi connectivity index (χ4n) is 2.65. The Morgan fingerprint density at radius 1 is 1.38 bits per heavy atom. The molecule has 2 heterocycles. The van der Waals surface area contributed by atoms with Crippen LogP contribution in [0.25, 0.3) is 0 Å². The molecular formula is C18H27FN4O6. The standard InChI is InChI=1S/C18H27FN4O6/c1-18(2,3)21-6-4-14(24)28-10-15(25)27-9-11-8-12(19)16(29-11)23-7-5-13(20)22-17(23)26/h5,7,11-12,16,21H,4,6,8-10H2,1-3H3,(H2,20,22,26). The van der Waals surface area contributed by atoms with Crippen LogP contribution in [0.3, 0.4) is 0 Å². The summed E-state index contributed by atoms with van der Waals surface area (Å²) in [5.74, 6) is -1.28. The number of aromatic nitrogens is 2. The highest BCUT2D eigenvalue weighted by Gasteiger charge is 2.38. The number of nitrogens with two attached hydrogens (primary N) is 1. The molecule has 3 unspecified atom stereocenters. The molecule has 0 radical (unpaired) electrons. The molecule has 1 aliphatic heterocycles. The number of rotatable bonds is 8. The van der Waals surface area contributed by atoms with Gasteiger partial charge in [0.2, 0.25) is 0 Å². The Kier molecular flexibility index (Phi) is 7.68. The first kappa shape index (κ1) is 22.8. The molecule has 0 aromatic carbocycles. The maximum absolute atomic E-state index is 14.2. The van der Waals surface area contributed by atoms with E-state index >= 15 is 0 Å². The van der Waals surface area contributed by atoms with E-state index in [9.17, 15) is 18.8 Å². The second-order valence-electron chi connectivity index (χ2n) is 7.71. The minimum absolute atomic E-state index is 0.0221. The Labute approximate surface area is 167 Å². The molecule has 0 aliphatic carbocycles. The number of anilines is 1. The van der Waals surface area contributed by atoms with Crippen molar-refractivity contribution in [1.29, 1.82) is 0 Å². The van der Waals surface area contributed by atoms with Crippen LogP contribution >= 0.6 is 0 Å². The van der Waals surface area contributed by atoms with Crippen molar-refractivity contribution in [3.63, 3.8) is 0 Å². The average Bonchev–Trinajstić information content (AvgIpc) is 2.97. The van der Waals surface area contributed by atoms with Gasteiger partial charge in [0, 0.05) is 24.7 Å². The van der Waals surface area contributed by atoms with Gasteiger partial charge < -0.3 is 25.3 Å². The van der Waals surface area contributed by atoms with Crippen molar-refractivity contribution in [2.75, 3.05) is 25.5 Å². The number of carbonyl (C=O) groups excluding carboxylic acids is 2. The van der Waals surface area contributed by atoms with Crippen LogP contribution in [0.5, 0.6) is 0 Å². The first-order valence-corrected chi connectivity index (χ1v) is 9.25. The molecule has 1 aromatic rings. The molecule has 0 saturated carbocycles. The minimum Gasteiger partial charge on any atom is -0.460 e. The SMILES string of the molecule is CC(C)(C)NCCC(=O)OCC(=O)OCC1CC(F)C(n2ccc(N)nc2=O)O1. The summed E-state index contributed by atoms with van der Waals surface area (Å²) in [7, 11) is 0. The molecule has 2 rings (SSSR count). The number of esters is 2. The smallest absolute Gasteiger partial charge is 0.351 e. The zero-order valence-electron chi connectivity index (χ0n) is 16.7. The summed E-state index contributed by atoms with van der Waals surface area (Å²) in [5, 5.41) is 3.13. The lowest BCUT2D eigenvalue weighted by Crippen LogP contribution is -2.37. The molecule has 162 valence electrons. The van der Waals surface area contributed by atoms with Crippen LogP contribution in [0, 0.1) is 0 Å². The van der Waals surface area contributed by atoms with Gasteiger partial charge in [0.25, 0.3) is 0 Å². The van der Waals surface area contributed by atoms with Crippen LogP contribution in [-0.2, 0) is 23.8 Å². The van der Waals surface area contributed by atoms with Crippen LogP contribution in [-0.4, -0.2) is 59.1 Å². The molecule has 1 fully saturated rings. The van der Waals surface area contributed by atoms with Crippen LogP contribution in [0.4, 0.5) is 10.2 Å². The third-order valence-electron chi connectivity index (χ3n) is 4.02. The number of nitrogens with zero attached hydrogens (tertiary/aromatic N) is 2. The monoisotopic (exact) mass is 414 g/mol. The van der Waals surface area contributed by atoms with E-state index in [0.29, 0.717) is 6.54 Å². The van der Waals surface area contributed by atoms with Gasteiger partial charge in [-0.1, -0.05) is 0 Å². The lowest BCUT2D eigenvalue weighted by Gasteiger charge is -2.19. The van der Waals surface area contributed by atoms with E-state index in [0.717, 1.165) is 4.57 Å². The summed E-state index contributed by atoms with van der Waals surface area (Å²) in [4.78, 5) is 38.7. The van der Waals surface area contributed by atoms with Gasteiger partial charge in [-0.05, 0) is 26.8 Å². The van der Waals surface area contributed by atoms with Gasteiger partial charge >= 0.3 is 17.6 Å². The quantitative estimate of drug-likeness (QED) is 0.576. The highest BCUT2D eigenvalue weighted by molar-refractivity contribution is 5.76. The van der Waals surface area contributed by atoms with E-state index in [2.05, 4.69) is 10.3 Å². The van der Waals surface area contributed by atoms with Crippen molar-refractivity contribution in [2.45, 2.75) is 57.7 Å². The zero-order valence-corrected chi connectivity index (χ0v) is 16.7. The van der Waals surface area contributed by atoms with Crippen molar-refractivity contribution < 1.29 is 28.2 Å². The first-order chi connectivity index (χ1) is 13.5. The summed E-state index contributed by atoms with van der Waals surface area (Å²) in [6, 6.07) is 1.36. The Hall–Kier alpha value is -2.53. The Morgan fingerprint density at radius 3 is 2.76 bits per heavy atom. The summed E-state index contributed by atoms with van der Waals surface area (Å²) in [5.41, 5.74) is 4.55. The number of carbonyl (C=O) groups is 2. The summed E-state index contributed by atoms with van der Waals surface area (Å²) in [6.07, 6.45) is -2.04. The molecule has 0 spiro atoms. The number of nitrogen functional groups attached to an aromatic ring is 1. The number of halogens is 1. The molecule has 3 N–H and O–H groups in total. The summed E-state index contributed by atoms with van der Waals surface area (Å²) >= 11 is 0. The number of nitrogens with one attached hydrogen (secondary N) is 1. The van der Waals surface area contributed by atoms with Gasteiger partial charge in [0.1, 0.15) is 18.6 Å². The lowest BCUT2D eigenvalue weighted by molar-refractivity contribution is -0.161. The van der Waals surface area contributed by atoms with Gasteiger partial charge in [-0.25, -0.2) is 14.0 Å². The van der Waals surface area contributed by atoms with Crippen molar-refractivity contribution in [1.82, 2.24) is 14.9 Å². The molecule has 1 aliphatic rings. The van der Waals surface area contributed by atoms with Gasteiger partial charge in [0.15, 0.2) is 12.8 Å². The van der Waals surface area contributed by atoms with Crippen molar-refractivity contribution >= 4 is 17.8 Å². The summed E-state index contributed by atoms with van der Waals surface area (Å²) in [6.45, 7) is 5.56. The number of hydrogen-bond donors (Lipinski definition) is 2. The maximum Gasteiger partial charge on any atom is 0.351 e. The zero-order chi connectivity index (χ0) is 21.6. The first-order valence-electron chi connectivity index (χ1n) is 9.25. The van der Waals surface area contributed by atoms with Crippen LogP contribution in [0.15, 0.2) is 17.1 Å². The Morgan fingerprint density at radius 2 is 2.10 bits per heavy atom. The van der Waals surface area contributed by atoms with Gasteiger partial charge in [-0.15, -0.1) is 0 Å². The van der Waals surface area contributed by atoms with Crippen LogP contribution in [0.2, 0.25) is 0 Å². The molecule has 29 heavy (non-hydrogen) atoms. The third-order valence-corrected chi connectivity index (χ3v) is 4.02. The Balaban J connectivity index is 1.71. The molecular weight excluding hydrogens is 387 g/mol. The molecule has 1 saturated heterocycles. The van der Waals surface area contributed by atoms with E-state index in [1.165, 1.54) is 12.3 Å². The molecule has 3 atom stereocenters. The van der Waals surface area contributed by atoms with Crippen molar-refractivity contribution in [3.8, 4) is 0 Å².